The van der Waals surface area contributed by atoms with E-state index in [1.807, 2.05) is 12.1 Å². The van der Waals surface area contributed by atoms with Crippen molar-refractivity contribution in [2.24, 2.45) is 10.7 Å². The smallest absolute Gasteiger partial charge is 0.248 e. The molecule has 1 aromatic heterocycles. The number of nitrogens with two attached hydrogens (primary N) is 1. The zero-order chi connectivity index (χ0) is 16.7. The average Bonchev–Trinajstić information content (AvgIpc) is 3.09. The molecule has 1 unspecified atom stereocenters. The molecule has 0 aliphatic carbocycles. The van der Waals surface area contributed by atoms with Gasteiger partial charge in [0.1, 0.15) is 0 Å². The first-order valence-corrected chi connectivity index (χ1v) is 8.34. The number of nitrogens with zero attached hydrogens (tertiary/aromatic N) is 1. The Labute approximate surface area is 163 Å². The monoisotopic (exact) mass is 458 g/mol. The number of thiophene rings is 1. The zero-order valence-electron chi connectivity index (χ0n) is 13.8. The Morgan fingerprint density at radius 3 is 2.50 bits per heavy atom. The van der Waals surface area contributed by atoms with E-state index in [1.54, 1.807) is 30.5 Å². The Balaban J connectivity index is 0.00000288. The van der Waals surface area contributed by atoms with Crippen LogP contribution in [0, 0.1) is 0 Å². The Morgan fingerprint density at radius 1 is 1.25 bits per heavy atom. The van der Waals surface area contributed by atoms with Crippen LogP contribution in [0.1, 0.15) is 33.6 Å². The Hall–Kier alpha value is -1.61. The van der Waals surface area contributed by atoms with Gasteiger partial charge in [0.15, 0.2) is 5.96 Å². The summed E-state index contributed by atoms with van der Waals surface area (Å²) in [5, 5.41) is 8.68. The summed E-state index contributed by atoms with van der Waals surface area (Å²) in [5.74, 6) is 0.778. The van der Waals surface area contributed by atoms with E-state index in [4.69, 9.17) is 5.73 Å². The van der Waals surface area contributed by atoms with Crippen molar-refractivity contribution in [3.63, 3.8) is 0 Å². The van der Waals surface area contributed by atoms with Gasteiger partial charge in [-0.2, -0.15) is 0 Å². The van der Waals surface area contributed by atoms with Crippen molar-refractivity contribution < 1.29 is 4.79 Å². The van der Waals surface area contributed by atoms with Gasteiger partial charge >= 0.3 is 0 Å². The Morgan fingerprint density at radius 2 is 1.96 bits per heavy atom. The van der Waals surface area contributed by atoms with E-state index in [-0.39, 0.29) is 24.0 Å². The van der Waals surface area contributed by atoms with Crippen molar-refractivity contribution >= 4 is 47.2 Å². The van der Waals surface area contributed by atoms with Gasteiger partial charge in [0.2, 0.25) is 5.91 Å². The molecule has 1 amide bonds. The minimum atomic E-state index is -0.412. The number of hydrogen-bond acceptors (Lipinski definition) is 3. The number of carbonyl (C=O) groups is 1. The van der Waals surface area contributed by atoms with E-state index in [1.165, 1.54) is 4.88 Å². The molecular formula is C17H23IN4OS. The number of nitrogens with one attached hydrogen (secondary N) is 2. The van der Waals surface area contributed by atoms with E-state index in [0.717, 1.165) is 18.1 Å². The van der Waals surface area contributed by atoms with Crippen LogP contribution in [0.5, 0.6) is 0 Å². The van der Waals surface area contributed by atoms with E-state index in [2.05, 4.69) is 40.1 Å². The molecule has 0 bridgehead atoms. The Kier molecular flexibility index (Phi) is 8.77. The van der Waals surface area contributed by atoms with Crippen LogP contribution >= 0.6 is 35.3 Å². The van der Waals surface area contributed by atoms with Crippen molar-refractivity contribution in [1.82, 2.24) is 10.6 Å². The molecule has 0 spiro atoms. The highest BCUT2D eigenvalue weighted by Gasteiger charge is 2.07. The third kappa shape index (κ3) is 6.12. The van der Waals surface area contributed by atoms with Crippen LogP contribution in [0.15, 0.2) is 46.8 Å². The zero-order valence-corrected chi connectivity index (χ0v) is 16.9. The maximum absolute atomic E-state index is 11.0. The highest BCUT2D eigenvalue weighted by molar-refractivity contribution is 14.0. The summed E-state index contributed by atoms with van der Waals surface area (Å²) in [7, 11) is 1.75. The summed E-state index contributed by atoms with van der Waals surface area (Å²) in [6, 6.07) is 11.4. The van der Waals surface area contributed by atoms with E-state index < -0.39 is 5.91 Å². The largest absolute Gasteiger partial charge is 0.366 e. The van der Waals surface area contributed by atoms with Crippen LogP contribution in [0.4, 0.5) is 0 Å². The van der Waals surface area contributed by atoms with Crippen molar-refractivity contribution in [3.8, 4) is 0 Å². The molecule has 2 rings (SSSR count). The number of carbonyl (C=O) groups excluding carboxylic acids is 1. The van der Waals surface area contributed by atoms with E-state index in [0.29, 0.717) is 18.0 Å². The molecule has 0 aliphatic rings. The highest BCUT2D eigenvalue weighted by atomic mass is 127. The number of halogens is 1. The molecule has 5 nitrogen and oxygen atoms in total. The first-order valence-electron chi connectivity index (χ1n) is 7.47. The molecule has 0 radical (unpaired) electrons. The molecule has 24 heavy (non-hydrogen) atoms. The molecule has 1 aromatic carbocycles. The molecule has 4 N–H and O–H groups in total. The van der Waals surface area contributed by atoms with Crippen LogP contribution in [-0.4, -0.2) is 25.5 Å². The third-order valence-electron chi connectivity index (χ3n) is 3.53. The first kappa shape index (κ1) is 20.4. The first-order chi connectivity index (χ1) is 11.1. The second-order valence-electron chi connectivity index (χ2n) is 5.28. The van der Waals surface area contributed by atoms with Crippen molar-refractivity contribution in [2.45, 2.75) is 19.4 Å². The van der Waals surface area contributed by atoms with E-state index >= 15 is 0 Å². The van der Waals surface area contributed by atoms with Crippen LogP contribution in [0.3, 0.4) is 0 Å². The number of amides is 1. The molecule has 1 heterocycles. The van der Waals surface area contributed by atoms with Gasteiger partial charge in [-0.25, -0.2) is 0 Å². The number of hydrogen-bond donors (Lipinski definition) is 3. The van der Waals surface area contributed by atoms with Gasteiger partial charge in [0, 0.05) is 36.5 Å². The van der Waals surface area contributed by atoms with Gasteiger partial charge in [-0.15, -0.1) is 35.3 Å². The normalized spacial score (nSPS) is 12.2. The lowest BCUT2D eigenvalue weighted by Gasteiger charge is -2.15. The second kappa shape index (κ2) is 10.3. The number of guanidine groups is 1. The predicted molar refractivity (Wildman–Crippen MR) is 111 cm³/mol. The molecule has 0 saturated heterocycles. The molecular weight excluding hydrogens is 435 g/mol. The van der Waals surface area contributed by atoms with Gasteiger partial charge < -0.3 is 16.4 Å². The maximum Gasteiger partial charge on any atom is 0.248 e. The Bertz CT molecular complexity index is 656. The molecule has 1 atom stereocenters. The fraction of sp³-hybridized carbons (Fsp3) is 0.294. The molecule has 130 valence electrons. The lowest BCUT2D eigenvalue weighted by molar-refractivity contribution is 0.100. The quantitative estimate of drug-likeness (QED) is 0.354. The summed E-state index contributed by atoms with van der Waals surface area (Å²) in [6.07, 6.45) is 0. The standard InChI is InChI=1S/C17H22N4OS.HI/c1-12(15-4-3-9-23-15)10-20-17(19-2)21-11-13-5-7-14(8-6-13)16(18)22;/h3-9,12H,10-11H2,1-2H3,(H2,18,22)(H2,19,20,21);1H. The fourth-order valence-corrected chi connectivity index (χ4v) is 2.90. The topological polar surface area (TPSA) is 79.5 Å². The predicted octanol–water partition coefficient (Wildman–Crippen LogP) is 2.93. The molecule has 0 aliphatic heterocycles. The summed E-state index contributed by atoms with van der Waals surface area (Å²) in [5.41, 5.74) is 6.81. The fourth-order valence-electron chi connectivity index (χ4n) is 2.12. The van der Waals surface area contributed by atoms with Crippen molar-refractivity contribution in [3.05, 3.63) is 57.8 Å². The van der Waals surface area contributed by atoms with Gasteiger partial charge in [0.05, 0.1) is 0 Å². The maximum atomic E-state index is 11.0. The van der Waals surface area contributed by atoms with Crippen molar-refractivity contribution in [2.75, 3.05) is 13.6 Å². The lowest BCUT2D eigenvalue weighted by Crippen LogP contribution is -2.38. The highest BCUT2D eigenvalue weighted by Crippen LogP contribution is 2.19. The molecule has 0 fully saturated rings. The van der Waals surface area contributed by atoms with Gasteiger partial charge in [-0.1, -0.05) is 25.1 Å². The van der Waals surface area contributed by atoms with Gasteiger partial charge in [-0.3, -0.25) is 9.79 Å². The van der Waals surface area contributed by atoms with E-state index in [9.17, 15) is 4.79 Å². The summed E-state index contributed by atoms with van der Waals surface area (Å²) >= 11 is 1.77. The minimum Gasteiger partial charge on any atom is -0.366 e. The number of aliphatic imine (C=N–C) groups is 1. The molecule has 2 aromatic rings. The number of primary amides is 1. The average molecular weight is 458 g/mol. The second-order valence-corrected chi connectivity index (χ2v) is 6.26. The van der Waals surface area contributed by atoms with Crippen LogP contribution < -0.4 is 16.4 Å². The van der Waals surface area contributed by atoms with Crippen LogP contribution in [0.25, 0.3) is 0 Å². The number of benzene rings is 1. The number of rotatable bonds is 6. The van der Waals surface area contributed by atoms with Gasteiger partial charge in [-0.05, 0) is 29.1 Å². The molecule has 7 heteroatoms. The van der Waals surface area contributed by atoms with Crippen molar-refractivity contribution in [1.29, 1.82) is 0 Å². The van der Waals surface area contributed by atoms with Crippen LogP contribution in [-0.2, 0) is 6.54 Å². The summed E-state index contributed by atoms with van der Waals surface area (Å²) in [6.45, 7) is 3.64. The van der Waals surface area contributed by atoms with Gasteiger partial charge in [0.25, 0.3) is 0 Å². The minimum absolute atomic E-state index is 0. The van der Waals surface area contributed by atoms with Crippen LogP contribution in [0.2, 0.25) is 0 Å². The third-order valence-corrected chi connectivity index (χ3v) is 4.63. The summed E-state index contributed by atoms with van der Waals surface area (Å²) < 4.78 is 0. The lowest BCUT2D eigenvalue weighted by atomic mass is 10.1. The SMILES string of the molecule is CN=C(NCc1ccc(C(N)=O)cc1)NCC(C)c1cccs1.I. The molecule has 0 saturated carbocycles. The summed E-state index contributed by atoms with van der Waals surface area (Å²) in [4.78, 5) is 16.6.